The molecule has 0 aromatic carbocycles. The number of urea groups is 1. The summed E-state index contributed by atoms with van der Waals surface area (Å²) in [6, 6.07) is -0.292. The van der Waals surface area contributed by atoms with E-state index < -0.39 is 0 Å². The number of anilines is 1. The second-order valence-corrected chi connectivity index (χ2v) is 7.72. The van der Waals surface area contributed by atoms with Crippen LogP contribution in [0.2, 0.25) is 0 Å². The van der Waals surface area contributed by atoms with E-state index in [0.717, 1.165) is 16.4 Å². The molecule has 114 valence electrons. The molecule has 0 radical (unpaired) electrons. The van der Waals surface area contributed by atoms with Crippen LogP contribution >= 0.6 is 22.7 Å². The van der Waals surface area contributed by atoms with Gasteiger partial charge in [-0.1, -0.05) is 39.0 Å². The maximum atomic E-state index is 11.8. The van der Waals surface area contributed by atoms with Crippen LogP contribution in [0.3, 0.4) is 0 Å². The first-order valence-corrected chi connectivity index (χ1v) is 8.34. The maximum absolute atomic E-state index is 11.8. The standard InChI is InChI=1S/C13H19N5OS2/c1-5-8-6-14-9(20-8)7-15-11(19)16-12-18-17-10(21-12)13(2,3)4/h6H,5,7H2,1-4H3,(H2,15,16,18,19). The monoisotopic (exact) mass is 325 g/mol. The van der Waals surface area contributed by atoms with Gasteiger partial charge in [-0.25, -0.2) is 9.78 Å². The lowest BCUT2D eigenvalue weighted by atomic mass is 9.98. The van der Waals surface area contributed by atoms with Gasteiger partial charge in [0.15, 0.2) is 0 Å². The van der Waals surface area contributed by atoms with Gasteiger partial charge in [0.1, 0.15) is 10.0 Å². The fraction of sp³-hybridized carbons (Fsp3) is 0.538. The average molecular weight is 325 g/mol. The summed E-state index contributed by atoms with van der Waals surface area (Å²) in [5.74, 6) is 0. The number of hydrogen-bond acceptors (Lipinski definition) is 6. The Morgan fingerprint density at radius 1 is 1.29 bits per heavy atom. The van der Waals surface area contributed by atoms with E-state index in [1.54, 1.807) is 11.3 Å². The lowest BCUT2D eigenvalue weighted by Gasteiger charge is -2.12. The Morgan fingerprint density at radius 2 is 2.05 bits per heavy atom. The second kappa shape index (κ2) is 6.48. The minimum absolute atomic E-state index is 0.0640. The number of aryl methyl sites for hydroxylation is 1. The number of amides is 2. The molecule has 0 unspecified atom stereocenters. The number of carbonyl (C=O) groups is 1. The van der Waals surface area contributed by atoms with Crippen molar-refractivity contribution >= 4 is 33.8 Å². The van der Waals surface area contributed by atoms with Crippen molar-refractivity contribution in [2.75, 3.05) is 5.32 Å². The number of rotatable bonds is 4. The summed E-state index contributed by atoms with van der Waals surface area (Å²) in [6.07, 6.45) is 2.81. The van der Waals surface area contributed by atoms with E-state index in [4.69, 9.17) is 0 Å². The molecule has 0 fully saturated rings. The van der Waals surface area contributed by atoms with E-state index in [9.17, 15) is 4.79 Å². The Labute approximate surface area is 132 Å². The SMILES string of the molecule is CCc1cnc(CNC(=O)Nc2nnc(C(C)(C)C)s2)s1. The zero-order valence-corrected chi connectivity index (χ0v) is 14.2. The van der Waals surface area contributed by atoms with Crippen LogP contribution in [0.1, 0.15) is 42.6 Å². The smallest absolute Gasteiger partial charge is 0.321 e. The van der Waals surface area contributed by atoms with Crippen molar-refractivity contribution in [3.63, 3.8) is 0 Å². The van der Waals surface area contributed by atoms with Crippen LogP contribution in [0, 0.1) is 0 Å². The van der Waals surface area contributed by atoms with Crippen molar-refractivity contribution in [1.29, 1.82) is 0 Å². The molecule has 0 atom stereocenters. The van der Waals surface area contributed by atoms with Gasteiger partial charge >= 0.3 is 6.03 Å². The lowest BCUT2D eigenvalue weighted by molar-refractivity contribution is 0.251. The molecule has 2 aromatic heterocycles. The first-order chi connectivity index (χ1) is 9.88. The summed E-state index contributed by atoms with van der Waals surface area (Å²) >= 11 is 3.00. The summed E-state index contributed by atoms with van der Waals surface area (Å²) < 4.78 is 0. The van der Waals surface area contributed by atoms with E-state index in [1.807, 2.05) is 6.20 Å². The van der Waals surface area contributed by atoms with Gasteiger partial charge in [-0.3, -0.25) is 5.32 Å². The number of nitrogens with one attached hydrogen (secondary N) is 2. The van der Waals surface area contributed by atoms with Crippen LogP contribution < -0.4 is 10.6 Å². The molecule has 2 rings (SSSR count). The number of aromatic nitrogens is 3. The predicted octanol–water partition coefficient (Wildman–Crippen LogP) is 3.18. The number of thiazole rings is 1. The van der Waals surface area contributed by atoms with Crippen LogP contribution in [0.4, 0.5) is 9.93 Å². The van der Waals surface area contributed by atoms with Gasteiger partial charge in [0.2, 0.25) is 5.13 Å². The van der Waals surface area contributed by atoms with Gasteiger partial charge in [-0.2, -0.15) is 0 Å². The molecular weight excluding hydrogens is 306 g/mol. The van der Waals surface area contributed by atoms with Gasteiger partial charge in [0, 0.05) is 16.5 Å². The topological polar surface area (TPSA) is 79.8 Å². The molecule has 0 aliphatic heterocycles. The van der Waals surface area contributed by atoms with Gasteiger partial charge in [0.25, 0.3) is 0 Å². The second-order valence-electron chi connectivity index (χ2n) is 5.54. The van der Waals surface area contributed by atoms with E-state index in [0.29, 0.717) is 11.7 Å². The van der Waals surface area contributed by atoms with Gasteiger partial charge in [-0.15, -0.1) is 21.5 Å². The minimum Gasteiger partial charge on any atom is -0.331 e. The van der Waals surface area contributed by atoms with Crippen LogP contribution in [0.5, 0.6) is 0 Å². The van der Waals surface area contributed by atoms with Crippen LogP contribution in [-0.4, -0.2) is 21.2 Å². The molecule has 0 spiro atoms. The first kappa shape index (κ1) is 15.8. The Hall–Kier alpha value is -1.54. The van der Waals surface area contributed by atoms with Gasteiger partial charge < -0.3 is 5.32 Å². The van der Waals surface area contributed by atoms with E-state index in [-0.39, 0.29) is 11.4 Å². The summed E-state index contributed by atoms with van der Waals surface area (Å²) in [6.45, 7) is 8.68. The maximum Gasteiger partial charge on any atom is 0.321 e. The van der Waals surface area contributed by atoms with E-state index >= 15 is 0 Å². The normalized spacial score (nSPS) is 11.4. The zero-order valence-electron chi connectivity index (χ0n) is 12.6. The summed E-state index contributed by atoms with van der Waals surface area (Å²) in [7, 11) is 0. The number of carbonyl (C=O) groups excluding carboxylic acids is 1. The van der Waals surface area contributed by atoms with Crippen LogP contribution in [0.15, 0.2) is 6.20 Å². The molecule has 2 N–H and O–H groups in total. The number of nitrogens with zero attached hydrogens (tertiary/aromatic N) is 3. The van der Waals surface area contributed by atoms with Crippen molar-refractivity contribution in [2.45, 2.75) is 46.1 Å². The van der Waals surface area contributed by atoms with Crippen molar-refractivity contribution in [3.8, 4) is 0 Å². The molecule has 0 aliphatic carbocycles. The van der Waals surface area contributed by atoms with E-state index in [2.05, 4.69) is 53.5 Å². The average Bonchev–Trinajstić information content (AvgIpc) is 3.04. The first-order valence-electron chi connectivity index (χ1n) is 6.71. The van der Waals surface area contributed by atoms with Crippen molar-refractivity contribution in [1.82, 2.24) is 20.5 Å². The third-order valence-corrected chi connectivity index (χ3v) is 5.04. The Balaban J connectivity index is 1.85. The van der Waals surface area contributed by atoms with Crippen molar-refractivity contribution in [3.05, 3.63) is 21.1 Å². The molecule has 0 saturated carbocycles. The highest BCUT2D eigenvalue weighted by atomic mass is 32.1. The minimum atomic E-state index is -0.292. The molecule has 6 nitrogen and oxygen atoms in total. The molecule has 2 heterocycles. The van der Waals surface area contributed by atoms with Crippen LogP contribution in [-0.2, 0) is 18.4 Å². The van der Waals surface area contributed by atoms with Gasteiger partial charge in [0.05, 0.1) is 6.54 Å². The molecule has 2 aromatic rings. The quantitative estimate of drug-likeness (QED) is 0.905. The lowest BCUT2D eigenvalue weighted by Crippen LogP contribution is -2.28. The Bertz CT molecular complexity index is 614. The largest absolute Gasteiger partial charge is 0.331 e. The van der Waals surface area contributed by atoms with Crippen LogP contribution in [0.25, 0.3) is 0 Å². The third kappa shape index (κ3) is 4.47. The highest BCUT2D eigenvalue weighted by Crippen LogP contribution is 2.27. The molecular formula is C13H19N5OS2. The predicted molar refractivity (Wildman–Crippen MR) is 86.0 cm³/mol. The molecule has 0 bridgehead atoms. The molecule has 0 saturated heterocycles. The fourth-order valence-electron chi connectivity index (χ4n) is 1.47. The molecule has 0 aliphatic rings. The molecule has 2 amide bonds. The van der Waals surface area contributed by atoms with Crippen molar-refractivity contribution in [2.24, 2.45) is 0 Å². The highest BCUT2D eigenvalue weighted by molar-refractivity contribution is 7.15. The fourth-order valence-corrected chi connectivity index (χ4v) is 3.07. The summed E-state index contributed by atoms with van der Waals surface area (Å²) in [4.78, 5) is 17.3. The summed E-state index contributed by atoms with van der Waals surface area (Å²) in [5.41, 5.74) is -0.0640. The Morgan fingerprint density at radius 3 is 2.62 bits per heavy atom. The third-order valence-electron chi connectivity index (χ3n) is 2.64. The summed E-state index contributed by atoms with van der Waals surface area (Å²) in [5, 5.41) is 15.8. The van der Waals surface area contributed by atoms with Crippen molar-refractivity contribution < 1.29 is 4.79 Å². The number of hydrogen-bond donors (Lipinski definition) is 2. The zero-order chi connectivity index (χ0) is 15.5. The van der Waals surface area contributed by atoms with E-state index in [1.165, 1.54) is 16.2 Å². The highest BCUT2D eigenvalue weighted by Gasteiger charge is 2.19. The molecule has 21 heavy (non-hydrogen) atoms. The van der Waals surface area contributed by atoms with Gasteiger partial charge in [-0.05, 0) is 6.42 Å². The molecule has 8 heteroatoms. The Kier molecular flexibility index (Phi) is 4.89.